The van der Waals surface area contributed by atoms with Gasteiger partial charge in [0, 0.05) is 25.7 Å². The maximum absolute atomic E-state index is 13.0. The van der Waals surface area contributed by atoms with E-state index in [1.54, 1.807) is 19.2 Å². The Morgan fingerprint density at radius 3 is 2.57 bits per heavy atom. The van der Waals surface area contributed by atoms with E-state index in [4.69, 9.17) is 4.74 Å². The van der Waals surface area contributed by atoms with Gasteiger partial charge in [0.05, 0.1) is 6.54 Å². The Bertz CT molecular complexity index is 815. The summed E-state index contributed by atoms with van der Waals surface area (Å²) in [5, 5.41) is 9.34. The van der Waals surface area contributed by atoms with Crippen LogP contribution >= 0.6 is 24.0 Å². The molecule has 0 heterocycles. The number of benzene rings is 2. The smallest absolute Gasteiger partial charge is 0.224 e. The van der Waals surface area contributed by atoms with Crippen molar-refractivity contribution in [1.29, 1.82) is 0 Å². The van der Waals surface area contributed by atoms with Gasteiger partial charge in [-0.3, -0.25) is 9.79 Å². The second kappa shape index (κ2) is 13.8. The topological polar surface area (TPSA) is 74.8 Å². The van der Waals surface area contributed by atoms with Crippen LogP contribution in [-0.2, 0) is 11.3 Å². The molecule has 1 amide bonds. The van der Waals surface area contributed by atoms with Crippen LogP contribution < -0.4 is 20.7 Å². The first-order valence-electron chi connectivity index (χ1n) is 9.75. The molecular formula is C22H30FIN4O2. The molecule has 0 aliphatic carbocycles. The Morgan fingerprint density at radius 1 is 1.17 bits per heavy atom. The lowest BCUT2D eigenvalue weighted by atomic mass is 10.2. The predicted octanol–water partition coefficient (Wildman–Crippen LogP) is 4.31. The number of amides is 1. The lowest BCUT2D eigenvalue weighted by Gasteiger charge is -2.18. The number of hydrogen-bond donors (Lipinski definition) is 3. The number of aliphatic imine (C=N–C) groups is 1. The summed E-state index contributed by atoms with van der Waals surface area (Å²) >= 11 is 0. The average Bonchev–Trinajstić information content (AvgIpc) is 2.70. The summed E-state index contributed by atoms with van der Waals surface area (Å²) in [6, 6.07) is 13.6. The van der Waals surface area contributed by atoms with Gasteiger partial charge in [-0.05, 0) is 55.3 Å². The molecule has 30 heavy (non-hydrogen) atoms. The number of guanidine groups is 1. The number of nitrogens with one attached hydrogen (secondary N) is 3. The van der Waals surface area contributed by atoms with E-state index in [0.29, 0.717) is 31.2 Å². The van der Waals surface area contributed by atoms with E-state index >= 15 is 0 Å². The molecule has 2 rings (SSSR count). The number of carbonyl (C=O) groups excluding carboxylic acids is 1. The van der Waals surface area contributed by atoms with Crippen molar-refractivity contribution in [3.63, 3.8) is 0 Å². The van der Waals surface area contributed by atoms with E-state index in [1.165, 1.54) is 12.1 Å². The van der Waals surface area contributed by atoms with Crippen molar-refractivity contribution in [2.24, 2.45) is 4.99 Å². The second-order valence-corrected chi connectivity index (χ2v) is 6.69. The Hall–Kier alpha value is -2.36. The molecule has 1 unspecified atom stereocenters. The molecule has 0 saturated heterocycles. The summed E-state index contributed by atoms with van der Waals surface area (Å²) < 4.78 is 18.7. The summed E-state index contributed by atoms with van der Waals surface area (Å²) in [5.74, 6) is 0.984. The number of hydrogen-bond acceptors (Lipinski definition) is 3. The molecule has 0 radical (unpaired) electrons. The molecule has 2 aromatic carbocycles. The number of ether oxygens (including phenoxy) is 1. The van der Waals surface area contributed by atoms with Gasteiger partial charge in [-0.1, -0.05) is 19.1 Å². The molecule has 0 saturated carbocycles. The molecule has 1 atom stereocenters. The van der Waals surface area contributed by atoms with E-state index in [1.807, 2.05) is 38.1 Å². The Morgan fingerprint density at radius 2 is 1.90 bits per heavy atom. The number of halogens is 2. The van der Waals surface area contributed by atoms with Crippen molar-refractivity contribution < 1.29 is 13.9 Å². The zero-order valence-electron chi connectivity index (χ0n) is 17.6. The zero-order valence-corrected chi connectivity index (χ0v) is 19.9. The van der Waals surface area contributed by atoms with Gasteiger partial charge in [0.15, 0.2) is 5.96 Å². The minimum absolute atomic E-state index is 0. The fraction of sp³-hybridized carbons (Fsp3) is 0.364. The number of carbonyl (C=O) groups is 1. The van der Waals surface area contributed by atoms with Crippen LogP contribution in [0.1, 0.15) is 32.3 Å². The first kappa shape index (κ1) is 25.7. The monoisotopic (exact) mass is 528 g/mol. The van der Waals surface area contributed by atoms with Gasteiger partial charge in [0.25, 0.3) is 0 Å². The zero-order chi connectivity index (χ0) is 21.1. The lowest BCUT2D eigenvalue weighted by molar-refractivity contribution is -0.116. The van der Waals surface area contributed by atoms with Crippen LogP contribution in [-0.4, -0.2) is 31.6 Å². The fourth-order valence-electron chi connectivity index (χ4n) is 2.64. The maximum Gasteiger partial charge on any atom is 0.224 e. The van der Waals surface area contributed by atoms with Crippen LogP contribution in [0.25, 0.3) is 0 Å². The van der Waals surface area contributed by atoms with E-state index in [0.717, 1.165) is 17.7 Å². The first-order valence-corrected chi connectivity index (χ1v) is 9.75. The Kier molecular flexibility index (Phi) is 11.8. The van der Waals surface area contributed by atoms with Crippen molar-refractivity contribution >= 4 is 41.5 Å². The molecule has 0 aliphatic rings. The molecule has 0 aromatic heterocycles. The van der Waals surface area contributed by atoms with Crippen molar-refractivity contribution in [3.05, 3.63) is 59.9 Å². The summed E-state index contributed by atoms with van der Waals surface area (Å²) in [7, 11) is 1.70. The minimum Gasteiger partial charge on any atom is -0.489 e. The molecule has 0 aliphatic heterocycles. The first-order chi connectivity index (χ1) is 14.0. The third-order valence-corrected chi connectivity index (χ3v) is 4.08. The quantitative estimate of drug-likeness (QED) is 0.258. The van der Waals surface area contributed by atoms with Gasteiger partial charge in [-0.15, -0.1) is 24.0 Å². The standard InChI is InChI=1S/C22H29FN4O2.HI/c1-4-6-21(28)27-19-8-5-7-17(13-19)15-26-22(24-3)25-14-16(2)29-20-11-9-18(23)10-12-20;/h5,7-13,16H,4,6,14-15H2,1-3H3,(H,27,28)(H2,24,25,26);1H. The summed E-state index contributed by atoms with van der Waals surface area (Å²) in [6.45, 7) is 4.99. The van der Waals surface area contributed by atoms with Crippen LogP contribution in [0.2, 0.25) is 0 Å². The fourth-order valence-corrected chi connectivity index (χ4v) is 2.64. The van der Waals surface area contributed by atoms with Crippen molar-refractivity contribution in [2.45, 2.75) is 39.3 Å². The predicted molar refractivity (Wildman–Crippen MR) is 130 cm³/mol. The summed E-state index contributed by atoms with van der Waals surface area (Å²) in [5.41, 5.74) is 1.81. The van der Waals surface area contributed by atoms with Crippen LogP contribution in [0, 0.1) is 5.82 Å². The maximum atomic E-state index is 13.0. The van der Waals surface area contributed by atoms with E-state index in [-0.39, 0.29) is 41.8 Å². The highest BCUT2D eigenvalue weighted by Gasteiger charge is 2.07. The van der Waals surface area contributed by atoms with Crippen molar-refractivity contribution in [3.8, 4) is 5.75 Å². The van der Waals surface area contributed by atoms with Gasteiger partial charge < -0.3 is 20.7 Å². The highest BCUT2D eigenvalue weighted by atomic mass is 127. The van der Waals surface area contributed by atoms with E-state index in [2.05, 4.69) is 20.9 Å². The van der Waals surface area contributed by atoms with Crippen LogP contribution in [0.4, 0.5) is 10.1 Å². The van der Waals surface area contributed by atoms with E-state index in [9.17, 15) is 9.18 Å². The molecule has 164 valence electrons. The van der Waals surface area contributed by atoms with Gasteiger partial charge in [-0.2, -0.15) is 0 Å². The van der Waals surface area contributed by atoms with Crippen LogP contribution in [0.15, 0.2) is 53.5 Å². The highest BCUT2D eigenvalue weighted by Crippen LogP contribution is 2.13. The number of rotatable bonds is 9. The SMILES string of the molecule is CCCC(=O)Nc1cccc(CNC(=NC)NCC(C)Oc2ccc(F)cc2)c1.I. The third kappa shape index (κ3) is 9.43. The summed E-state index contributed by atoms with van der Waals surface area (Å²) in [6.07, 6.45) is 1.20. The van der Waals surface area contributed by atoms with Crippen molar-refractivity contribution in [1.82, 2.24) is 10.6 Å². The Labute approximate surface area is 194 Å². The largest absolute Gasteiger partial charge is 0.489 e. The van der Waals surface area contributed by atoms with Crippen LogP contribution in [0.3, 0.4) is 0 Å². The average molecular weight is 528 g/mol. The number of anilines is 1. The Balaban J connectivity index is 0.00000450. The molecule has 3 N–H and O–H groups in total. The molecule has 0 fully saturated rings. The lowest BCUT2D eigenvalue weighted by Crippen LogP contribution is -2.41. The van der Waals surface area contributed by atoms with Gasteiger partial charge >= 0.3 is 0 Å². The summed E-state index contributed by atoms with van der Waals surface area (Å²) in [4.78, 5) is 16.0. The van der Waals surface area contributed by atoms with Gasteiger partial charge in [0.1, 0.15) is 17.7 Å². The minimum atomic E-state index is -0.290. The molecule has 0 bridgehead atoms. The second-order valence-electron chi connectivity index (χ2n) is 6.69. The van der Waals surface area contributed by atoms with E-state index < -0.39 is 0 Å². The third-order valence-electron chi connectivity index (χ3n) is 4.08. The van der Waals surface area contributed by atoms with Gasteiger partial charge in [-0.25, -0.2) is 4.39 Å². The molecule has 6 nitrogen and oxygen atoms in total. The molecule has 2 aromatic rings. The molecule has 0 spiro atoms. The normalized spacial score (nSPS) is 11.8. The van der Waals surface area contributed by atoms with Gasteiger partial charge in [0.2, 0.25) is 5.91 Å². The number of nitrogens with zero attached hydrogens (tertiary/aromatic N) is 1. The molecular weight excluding hydrogens is 498 g/mol. The highest BCUT2D eigenvalue weighted by molar-refractivity contribution is 14.0. The van der Waals surface area contributed by atoms with Crippen molar-refractivity contribution in [2.75, 3.05) is 18.9 Å². The van der Waals surface area contributed by atoms with Crippen LogP contribution in [0.5, 0.6) is 5.75 Å². The molecule has 8 heteroatoms.